The van der Waals surface area contributed by atoms with Gasteiger partial charge in [-0.15, -0.1) is 0 Å². The molecule has 0 aliphatic carbocycles. The highest BCUT2D eigenvalue weighted by molar-refractivity contribution is 5.94. The van der Waals surface area contributed by atoms with Gasteiger partial charge in [-0.2, -0.15) is 0 Å². The summed E-state index contributed by atoms with van der Waals surface area (Å²) >= 11 is 0. The highest BCUT2D eigenvalue weighted by atomic mass is 19.1. The summed E-state index contributed by atoms with van der Waals surface area (Å²) in [7, 11) is 0. The Balaban J connectivity index is 1.82. The molecule has 0 unspecified atom stereocenters. The molecule has 0 fully saturated rings. The number of carbonyl (C=O) groups excluding carboxylic acids is 1. The van der Waals surface area contributed by atoms with E-state index in [2.05, 4.69) is 0 Å². The Kier molecular flexibility index (Phi) is 6.18. The molecule has 0 radical (unpaired) electrons. The predicted octanol–water partition coefficient (Wildman–Crippen LogP) is 6.40. The molecular weight excluding hydrogens is 392 g/mol. The first-order valence-corrected chi connectivity index (χ1v) is 10.0. The molecule has 4 heteroatoms. The van der Waals surface area contributed by atoms with Crippen LogP contribution in [0.25, 0.3) is 0 Å². The first-order valence-electron chi connectivity index (χ1n) is 10.0. The second-order valence-electron chi connectivity index (χ2n) is 7.29. The zero-order chi connectivity index (χ0) is 21.6. The van der Waals surface area contributed by atoms with Crippen molar-refractivity contribution in [1.29, 1.82) is 0 Å². The van der Waals surface area contributed by atoms with E-state index in [1.807, 2.05) is 60.7 Å². The van der Waals surface area contributed by atoms with Crippen molar-refractivity contribution in [3.05, 3.63) is 143 Å². The molecule has 0 saturated carbocycles. The first kappa shape index (κ1) is 20.5. The number of carbonyl (C=O) groups is 1. The Hall–Kier alpha value is -3.79. The molecule has 0 N–H and O–H groups in total. The fourth-order valence-corrected chi connectivity index (χ4v) is 3.65. The lowest BCUT2D eigenvalue weighted by Crippen LogP contribution is -2.35. The number of hydrogen-bond donors (Lipinski definition) is 0. The van der Waals surface area contributed by atoms with Crippen LogP contribution >= 0.6 is 0 Å². The molecule has 0 aliphatic heterocycles. The Morgan fingerprint density at radius 1 is 0.645 bits per heavy atom. The van der Waals surface area contributed by atoms with Crippen LogP contribution in [0.3, 0.4) is 0 Å². The van der Waals surface area contributed by atoms with Gasteiger partial charge in [-0.3, -0.25) is 4.79 Å². The molecule has 2 nitrogen and oxygen atoms in total. The van der Waals surface area contributed by atoms with Gasteiger partial charge in [0.25, 0.3) is 5.91 Å². The Bertz CT molecular complexity index is 1090. The van der Waals surface area contributed by atoms with Crippen molar-refractivity contribution in [2.75, 3.05) is 0 Å². The van der Waals surface area contributed by atoms with E-state index in [9.17, 15) is 13.6 Å². The molecule has 1 amide bonds. The summed E-state index contributed by atoms with van der Waals surface area (Å²) < 4.78 is 26.9. The minimum absolute atomic E-state index is 0.234. The van der Waals surface area contributed by atoms with Crippen molar-refractivity contribution in [3.8, 4) is 0 Å². The van der Waals surface area contributed by atoms with E-state index >= 15 is 0 Å². The lowest BCUT2D eigenvalue weighted by atomic mass is 9.95. The Morgan fingerprint density at radius 3 is 1.58 bits per heavy atom. The topological polar surface area (TPSA) is 20.3 Å². The molecule has 0 spiro atoms. The summed E-state index contributed by atoms with van der Waals surface area (Å²) in [5.74, 6) is -0.964. The molecule has 0 bridgehead atoms. The maximum atomic E-state index is 13.6. The fourth-order valence-electron chi connectivity index (χ4n) is 3.65. The van der Waals surface area contributed by atoms with Crippen molar-refractivity contribution in [2.24, 2.45) is 0 Å². The molecule has 0 aromatic heterocycles. The van der Waals surface area contributed by atoms with Crippen LogP contribution in [-0.4, -0.2) is 10.8 Å². The molecule has 154 valence electrons. The van der Waals surface area contributed by atoms with E-state index in [1.54, 1.807) is 17.0 Å². The van der Waals surface area contributed by atoms with Crippen LogP contribution in [0, 0.1) is 11.6 Å². The Morgan fingerprint density at radius 2 is 1.10 bits per heavy atom. The van der Waals surface area contributed by atoms with Crippen molar-refractivity contribution in [1.82, 2.24) is 4.90 Å². The van der Waals surface area contributed by atoms with E-state index in [4.69, 9.17) is 0 Å². The molecular formula is C27H21F2NO. The summed E-state index contributed by atoms with van der Waals surface area (Å²) in [6, 6.07) is 30.8. The van der Waals surface area contributed by atoms with Crippen molar-refractivity contribution >= 4 is 5.91 Å². The molecule has 0 aliphatic rings. The van der Waals surface area contributed by atoms with E-state index in [-0.39, 0.29) is 24.3 Å². The molecule has 0 saturated heterocycles. The van der Waals surface area contributed by atoms with Gasteiger partial charge in [-0.05, 0) is 53.1 Å². The van der Waals surface area contributed by atoms with Crippen LogP contribution in [0.1, 0.15) is 33.1 Å². The lowest BCUT2D eigenvalue weighted by molar-refractivity contribution is 0.0690. The summed E-state index contributed by atoms with van der Waals surface area (Å²) in [6.07, 6.45) is 0. The van der Waals surface area contributed by atoms with Gasteiger partial charge in [0.1, 0.15) is 11.6 Å². The summed E-state index contributed by atoms with van der Waals surface area (Å²) in [5.41, 5.74) is 3.09. The minimum Gasteiger partial charge on any atom is -0.323 e. The van der Waals surface area contributed by atoms with Gasteiger partial charge < -0.3 is 4.90 Å². The van der Waals surface area contributed by atoms with E-state index in [0.29, 0.717) is 5.56 Å². The fraction of sp³-hybridized carbons (Fsp3) is 0.0741. The highest BCUT2D eigenvalue weighted by Crippen LogP contribution is 2.31. The number of halogens is 2. The SMILES string of the molecule is O=C(c1ccc(F)cc1)N(Cc1ccc(F)cc1)C(c1ccccc1)c1ccccc1. The third kappa shape index (κ3) is 4.86. The smallest absolute Gasteiger partial charge is 0.254 e. The summed E-state index contributed by atoms with van der Waals surface area (Å²) in [5, 5.41) is 0. The second kappa shape index (κ2) is 9.35. The van der Waals surface area contributed by atoms with E-state index < -0.39 is 5.82 Å². The maximum absolute atomic E-state index is 13.6. The van der Waals surface area contributed by atoms with Gasteiger partial charge in [0.15, 0.2) is 0 Å². The Labute approximate surface area is 180 Å². The number of amides is 1. The van der Waals surface area contributed by atoms with Crippen LogP contribution in [0.2, 0.25) is 0 Å². The van der Waals surface area contributed by atoms with Gasteiger partial charge in [-0.1, -0.05) is 72.8 Å². The number of rotatable bonds is 6. The standard InChI is InChI=1S/C27H21F2NO/c28-24-15-11-20(12-16-24)19-30(27(31)23-13-17-25(29)18-14-23)26(21-7-3-1-4-8-21)22-9-5-2-6-10-22/h1-18,26H,19H2. The maximum Gasteiger partial charge on any atom is 0.254 e. The minimum atomic E-state index is -0.399. The number of benzene rings is 4. The predicted molar refractivity (Wildman–Crippen MR) is 117 cm³/mol. The highest BCUT2D eigenvalue weighted by Gasteiger charge is 2.28. The van der Waals surface area contributed by atoms with Crippen molar-refractivity contribution in [3.63, 3.8) is 0 Å². The summed E-state index contributed by atoms with van der Waals surface area (Å²) in [6.45, 7) is 0.269. The monoisotopic (exact) mass is 413 g/mol. The zero-order valence-corrected chi connectivity index (χ0v) is 16.8. The largest absolute Gasteiger partial charge is 0.323 e. The summed E-state index contributed by atoms with van der Waals surface area (Å²) in [4.78, 5) is 15.4. The third-order valence-electron chi connectivity index (χ3n) is 5.16. The average molecular weight is 413 g/mol. The lowest BCUT2D eigenvalue weighted by Gasteiger charge is -2.33. The average Bonchev–Trinajstić information content (AvgIpc) is 2.81. The van der Waals surface area contributed by atoms with Crippen LogP contribution in [0.5, 0.6) is 0 Å². The van der Waals surface area contributed by atoms with Gasteiger partial charge in [0.05, 0.1) is 6.04 Å². The molecule has 31 heavy (non-hydrogen) atoms. The van der Waals surface area contributed by atoms with Crippen molar-refractivity contribution in [2.45, 2.75) is 12.6 Å². The van der Waals surface area contributed by atoms with Gasteiger partial charge >= 0.3 is 0 Å². The molecule has 0 heterocycles. The molecule has 4 rings (SSSR count). The van der Waals surface area contributed by atoms with Gasteiger partial charge in [0.2, 0.25) is 0 Å². The molecule has 0 atom stereocenters. The van der Waals surface area contributed by atoms with E-state index in [1.165, 1.54) is 36.4 Å². The number of hydrogen-bond acceptors (Lipinski definition) is 1. The normalized spacial score (nSPS) is 10.8. The van der Waals surface area contributed by atoms with E-state index in [0.717, 1.165) is 16.7 Å². The van der Waals surface area contributed by atoms with Crippen LogP contribution in [0.15, 0.2) is 109 Å². The van der Waals surface area contributed by atoms with Crippen LogP contribution in [0.4, 0.5) is 8.78 Å². The van der Waals surface area contributed by atoms with Crippen molar-refractivity contribution < 1.29 is 13.6 Å². The quantitative estimate of drug-likeness (QED) is 0.358. The van der Waals surface area contributed by atoms with Crippen LogP contribution in [-0.2, 0) is 6.54 Å². The molecule has 4 aromatic rings. The van der Waals surface area contributed by atoms with Crippen LogP contribution < -0.4 is 0 Å². The molecule has 4 aromatic carbocycles. The third-order valence-corrected chi connectivity index (χ3v) is 5.16. The number of nitrogens with zero attached hydrogens (tertiary/aromatic N) is 1. The van der Waals surface area contributed by atoms with Gasteiger partial charge in [0, 0.05) is 12.1 Å². The first-order chi connectivity index (χ1) is 15.1. The van der Waals surface area contributed by atoms with Gasteiger partial charge in [-0.25, -0.2) is 8.78 Å². The second-order valence-corrected chi connectivity index (χ2v) is 7.29. The zero-order valence-electron chi connectivity index (χ0n) is 16.8.